The molecule has 20 heavy (non-hydrogen) atoms. The van der Waals surface area contributed by atoms with Gasteiger partial charge in [-0.1, -0.05) is 0 Å². The summed E-state index contributed by atoms with van der Waals surface area (Å²) in [5, 5.41) is 0. The molecule has 0 aliphatic rings. The number of nitrogens with zero attached hydrogens (tertiary/aromatic N) is 2. The maximum Gasteiger partial charge on any atom is 0.264 e. The molecule has 106 valence electrons. The number of hydrogen-bond donors (Lipinski definition) is 1. The number of hydrogen-bond acceptors (Lipinski definition) is 4. The largest absolute Gasteiger partial charge is 0.398 e. The SMILES string of the molecule is Cc1cc(S(=O)(=O)N(C)c2cccnc2)cc(N)c1C. The molecule has 5 nitrogen and oxygen atoms in total. The zero-order valence-electron chi connectivity index (χ0n) is 11.7. The van der Waals surface area contributed by atoms with Crippen LogP contribution in [0.25, 0.3) is 0 Å². The maximum absolute atomic E-state index is 12.6. The molecule has 1 heterocycles. The molecule has 0 amide bonds. The molecule has 0 spiro atoms. The first-order chi connectivity index (χ1) is 9.34. The third-order valence-electron chi connectivity index (χ3n) is 3.35. The molecular weight excluding hydrogens is 274 g/mol. The number of nitrogens with two attached hydrogens (primary N) is 1. The number of benzene rings is 1. The van der Waals surface area contributed by atoms with Gasteiger partial charge < -0.3 is 5.73 Å². The minimum Gasteiger partial charge on any atom is -0.398 e. The van der Waals surface area contributed by atoms with Gasteiger partial charge in [0.05, 0.1) is 16.8 Å². The summed E-state index contributed by atoms with van der Waals surface area (Å²) in [6.45, 7) is 3.71. The van der Waals surface area contributed by atoms with Gasteiger partial charge in [0.1, 0.15) is 0 Å². The summed E-state index contributed by atoms with van der Waals surface area (Å²) in [7, 11) is -2.14. The fourth-order valence-electron chi connectivity index (χ4n) is 1.84. The normalized spacial score (nSPS) is 11.3. The second-order valence-electron chi connectivity index (χ2n) is 4.64. The van der Waals surface area contributed by atoms with Crippen LogP contribution >= 0.6 is 0 Å². The predicted octanol–water partition coefficient (Wildman–Crippen LogP) is 2.11. The van der Waals surface area contributed by atoms with E-state index in [0.29, 0.717) is 11.4 Å². The molecule has 2 rings (SSSR count). The van der Waals surface area contributed by atoms with E-state index in [1.165, 1.54) is 23.6 Å². The van der Waals surface area contributed by atoms with Crippen molar-refractivity contribution in [1.29, 1.82) is 0 Å². The molecule has 2 N–H and O–H groups in total. The highest BCUT2D eigenvalue weighted by Gasteiger charge is 2.22. The van der Waals surface area contributed by atoms with E-state index in [1.54, 1.807) is 24.4 Å². The Morgan fingerprint density at radius 2 is 1.95 bits per heavy atom. The number of rotatable bonds is 3. The molecule has 2 aromatic rings. The summed E-state index contributed by atoms with van der Waals surface area (Å²) in [5.41, 5.74) is 8.59. The fourth-order valence-corrected chi connectivity index (χ4v) is 3.14. The van der Waals surface area contributed by atoms with Crippen molar-refractivity contribution in [2.75, 3.05) is 17.1 Å². The summed E-state index contributed by atoms with van der Waals surface area (Å²) >= 11 is 0. The van der Waals surface area contributed by atoms with Gasteiger partial charge in [0.2, 0.25) is 0 Å². The first-order valence-electron chi connectivity index (χ1n) is 6.09. The van der Waals surface area contributed by atoms with Crippen LogP contribution in [0.2, 0.25) is 0 Å². The highest BCUT2D eigenvalue weighted by Crippen LogP contribution is 2.26. The van der Waals surface area contributed by atoms with Crippen LogP contribution < -0.4 is 10.0 Å². The molecule has 0 bridgehead atoms. The summed E-state index contributed by atoms with van der Waals surface area (Å²) in [4.78, 5) is 4.12. The van der Waals surface area contributed by atoms with E-state index in [0.717, 1.165) is 11.1 Å². The average Bonchev–Trinajstić information content (AvgIpc) is 2.44. The number of aromatic nitrogens is 1. The predicted molar refractivity (Wildman–Crippen MR) is 80.2 cm³/mol. The lowest BCUT2D eigenvalue weighted by atomic mass is 10.1. The van der Waals surface area contributed by atoms with Crippen molar-refractivity contribution in [2.24, 2.45) is 0 Å². The van der Waals surface area contributed by atoms with E-state index in [1.807, 2.05) is 13.8 Å². The number of sulfonamides is 1. The molecule has 0 saturated carbocycles. The van der Waals surface area contributed by atoms with Gasteiger partial charge in [0.15, 0.2) is 0 Å². The van der Waals surface area contributed by atoms with Crippen molar-refractivity contribution >= 4 is 21.4 Å². The molecular formula is C14H17N3O2S. The molecule has 0 fully saturated rings. The lowest BCUT2D eigenvalue weighted by molar-refractivity contribution is 0.594. The Balaban J connectivity index is 2.51. The van der Waals surface area contributed by atoms with Crippen LogP contribution in [-0.2, 0) is 10.0 Å². The highest BCUT2D eigenvalue weighted by atomic mass is 32.2. The molecule has 1 aromatic heterocycles. The van der Waals surface area contributed by atoms with Gasteiger partial charge in [0.25, 0.3) is 10.0 Å². The van der Waals surface area contributed by atoms with E-state index in [4.69, 9.17) is 5.73 Å². The molecule has 0 aliphatic carbocycles. The van der Waals surface area contributed by atoms with Crippen LogP contribution in [0.1, 0.15) is 11.1 Å². The van der Waals surface area contributed by atoms with E-state index in [9.17, 15) is 8.42 Å². The van der Waals surface area contributed by atoms with Crippen molar-refractivity contribution in [3.05, 3.63) is 47.8 Å². The third kappa shape index (κ3) is 2.46. The van der Waals surface area contributed by atoms with Gasteiger partial charge in [-0.3, -0.25) is 9.29 Å². The highest BCUT2D eigenvalue weighted by molar-refractivity contribution is 7.92. The molecule has 0 radical (unpaired) electrons. The van der Waals surface area contributed by atoms with Gasteiger partial charge in [-0.15, -0.1) is 0 Å². The van der Waals surface area contributed by atoms with Crippen molar-refractivity contribution in [3.8, 4) is 0 Å². The Hall–Kier alpha value is -2.08. The topological polar surface area (TPSA) is 76.3 Å². The van der Waals surface area contributed by atoms with Gasteiger partial charge in [-0.2, -0.15) is 0 Å². The number of anilines is 2. The smallest absolute Gasteiger partial charge is 0.264 e. The number of nitrogen functional groups attached to an aromatic ring is 1. The minimum absolute atomic E-state index is 0.185. The molecule has 6 heteroatoms. The van der Waals surface area contributed by atoms with Crippen LogP contribution in [-0.4, -0.2) is 20.4 Å². The maximum atomic E-state index is 12.6. The zero-order chi connectivity index (χ0) is 14.9. The lowest BCUT2D eigenvalue weighted by Gasteiger charge is -2.20. The van der Waals surface area contributed by atoms with E-state index in [2.05, 4.69) is 4.98 Å². The summed E-state index contributed by atoms with van der Waals surface area (Å²) in [6, 6.07) is 6.50. The molecule has 0 atom stereocenters. The Labute approximate surface area is 119 Å². The van der Waals surface area contributed by atoms with Crippen molar-refractivity contribution < 1.29 is 8.42 Å². The summed E-state index contributed by atoms with van der Waals surface area (Å²) < 4.78 is 26.4. The van der Waals surface area contributed by atoms with Gasteiger partial charge >= 0.3 is 0 Å². The van der Waals surface area contributed by atoms with E-state index >= 15 is 0 Å². The van der Waals surface area contributed by atoms with Crippen molar-refractivity contribution in [1.82, 2.24) is 4.98 Å². The van der Waals surface area contributed by atoms with E-state index in [-0.39, 0.29) is 4.90 Å². The molecule has 0 aliphatic heterocycles. The van der Waals surface area contributed by atoms with Gasteiger partial charge in [0, 0.05) is 18.9 Å². The standard InChI is InChI=1S/C14H17N3O2S/c1-10-7-13(8-14(15)11(10)2)20(18,19)17(3)12-5-4-6-16-9-12/h4-9H,15H2,1-3H3. The fraction of sp³-hybridized carbons (Fsp3) is 0.214. The zero-order valence-corrected chi connectivity index (χ0v) is 12.5. The molecule has 1 aromatic carbocycles. The first-order valence-corrected chi connectivity index (χ1v) is 7.53. The van der Waals surface area contributed by atoms with Crippen LogP contribution in [0.5, 0.6) is 0 Å². The summed E-state index contributed by atoms with van der Waals surface area (Å²) in [6.07, 6.45) is 3.10. The lowest BCUT2D eigenvalue weighted by Crippen LogP contribution is -2.26. The van der Waals surface area contributed by atoms with Crippen molar-refractivity contribution in [3.63, 3.8) is 0 Å². The van der Waals surface area contributed by atoms with Crippen LogP contribution in [0.4, 0.5) is 11.4 Å². The average molecular weight is 291 g/mol. The second kappa shape index (κ2) is 5.13. The second-order valence-corrected chi connectivity index (χ2v) is 6.61. The van der Waals surface area contributed by atoms with Crippen molar-refractivity contribution in [2.45, 2.75) is 18.7 Å². The Kier molecular flexibility index (Phi) is 3.67. The third-order valence-corrected chi connectivity index (χ3v) is 5.11. The summed E-state index contributed by atoms with van der Waals surface area (Å²) in [5.74, 6) is 0. The number of pyridine rings is 1. The monoisotopic (exact) mass is 291 g/mol. The Morgan fingerprint density at radius 3 is 2.50 bits per heavy atom. The Bertz CT molecular complexity index is 704. The minimum atomic E-state index is -3.64. The quantitative estimate of drug-likeness (QED) is 0.879. The van der Waals surface area contributed by atoms with Gasteiger partial charge in [-0.05, 0) is 49.2 Å². The van der Waals surface area contributed by atoms with Crippen LogP contribution in [0.15, 0.2) is 41.6 Å². The number of aryl methyl sites for hydroxylation is 1. The van der Waals surface area contributed by atoms with E-state index < -0.39 is 10.0 Å². The Morgan fingerprint density at radius 1 is 1.25 bits per heavy atom. The molecule has 0 saturated heterocycles. The van der Waals surface area contributed by atoms with Crippen LogP contribution in [0, 0.1) is 13.8 Å². The molecule has 0 unspecified atom stereocenters. The first kappa shape index (κ1) is 14.3. The van der Waals surface area contributed by atoms with Gasteiger partial charge in [-0.25, -0.2) is 8.42 Å². The van der Waals surface area contributed by atoms with Crippen LogP contribution in [0.3, 0.4) is 0 Å².